The average Bonchev–Trinajstić information content (AvgIpc) is 1.64. The average molecular weight is 173 g/mol. The van der Waals surface area contributed by atoms with Crippen molar-refractivity contribution >= 4 is 28.2 Å². The lowest BCUT2D eigenvalue weighted by atomic mass is 11.5. The van der Waals surface area contributed by atoms with Crippen molar-refractivity contribution in [2.75, 3.05) is 0 Å². The summed E-state index contributed by atoms with van der Waals surface area (Å²) in [5, 5.41) is 0. The molecule has 6 nitrogen and oxygen atoms in total. The van der Waals surface area contributed by atoms with Crippen molar-refractivity contribution in [3.05, 3.63) is 0 Å². The first-order valence-corrected chi connectivity index (χ1v) is 3.88. The van der Waals surface area contributed by atoms with Crippen LogP contribution < -0.4 is 0 Å². The van der Waals surface area contributed by atoms with Crippen LogP contribution in [0.1, 0.15) is 0 Å². The van der Waals surface area contributed by atoms with E-state index in [2.05, 4.69) is 0 Å². The highest BCUT2D eigenvalue weighted by atomic mass is 32.2. The molecule has 54 valence electrons. The van der Waals surface area contributed by atoms with Crippen molar-refractivity contribution in [3.63, 3.8) is 0 Å². The molecule has 0 bridgehead atoms. The van der Waals surface area contributed by atoms with Gasteiger partial charge in [-0.25, -0.2) is 16.8 Å². The summed E-state index contributed by atoms with van der Waals surface area (Å²) < 4.78 is 38.6. The van der Waals surface area contributed by atoms with Gasteiger partial charge in [-0.05, 0) is 0 Å². The Hall–Kier alpha value is -0.630. The Bertz CT molecular complexity index is 199. The monoisotopic (exact) mass is 173 g/mol. The van der Waals surface area contributed by atoms with Gasteiger partial charge in [0, 0.05) is 0 Å². The van der Waals surface area contributed by atoms with Gasteiger partial charge in [0.05, 0.1) is 0 Å². The van der Waals surface area contributed by atoms with Gasteiger partial charge in [0.25, 0.3) is 0 Å². The van der Waals surface area contributed by atoms with E-state index in [1.807, 2.05) is 0 Å². The summed E-state index contributed by atoms with van der Waals surface area (Å²) in [5.41, 5.74) is 0. The maximum atomic E-state index is 9.72. The molecule has 1 amide bonds. The van der Waals surface area contributed by atoms with E-state index >= 15 is 0 Å². The van der Waals surface area contributed by atoms with Crippen molar-refractivity contribution < 1.29 is 21.6 Å². The van der Waals surface area contributed by atoms with Gasteiger partial charge in [0.1, 0.15) is 0 Å². The largest absolute Gasteiger partial charge is 0.276 e. The maximum Gasteiger partial charge on any atom is 0.240 e. The minimum absolute atomic E-state index is 0.294. The Morgan fingerprint density at radius 2 is 1.33 bits per heavy atom. The molecular weight excluding hydrogens is 170 g/mol. The minimum atomic E-state index is -3.33. The van der Waals surface area contributed by atoms with Gasteiger partial charge in [-0.15, -0.1) is 3.71 Å². The van der Waals surface area contributed by atoms with Crippen LogP contribution in [0.2, 0.25) is 0 Å². The van der Waals surface area contributed by atoms with Crippen LogP contribution in [0.15, 0.2) is 0 Å². The van der Waals surface area contributed by atoms with E-state index in [1.165, 1.54) is 0 Å². The third-order valence-electron chi connectivity index (χ3n) is 0.429. The van der Waals surface area contributed by atoms with Crippen molar-refractivity contribution in [3.8, 4) is 0 Å². The van der Waals surface area contributed by atoms with Gasteiger partial charge in [-0.3, -0.25) is 4.79 Å². The maximum absolute atomic E-state index is 9.72. The van der Waals surface area contributed by atoms with Crippen LogP contribution in [0, 0.1) is 0 Å². The number of rotatable bonds is 3. The third-order valence-corrected chi connectivity index (χ3v) is 2.16. The van der Waals surface area contributed by atoms with Crippen LogP contribution in [-0.4, -0.2) is 27.0 Å². The number of carbonyl (C=O) groups excluding carboxylic acids is 1. The standard InChI is InChI=1S/CH3NO5S2/c3-1-2(8(4)5)9(6)7/h1,8-9H. The lowest BCUT2D eigenvalue weighted by Gasteiger charge is -1.93. The molecule has 0 aliphatic rings. The van der Waals surface area contributed by atoms with Crippen LogP contribution >= 0.6 is 0 Å². The van der Waals surface area contributed by atoms with Crippen LogP contribution in [0.3, 0.4) is 0 Å². The zero-order chi connectivity index (χ0) is 7.44. The molecule has 0 aliphatic heterocycles. The van der Waals surface area contributed by atoms with E-state index in [0.717, 1.165) is 0 Å². The summed E-state index contributed by atoms with van der Waals surface area (Å²) in [5.74, 6) is 0. The molecule has 0 fully saturated rings. The second-order valence-corrected chi connectivity index (χ2v) is 3.03. The first kappa shape index (κ1) is 8.37. The molecule has 9 heavy (non-hydrogen) atoms. The van der Waals surface area contributed by atoms with Crippen molar-refractivity contribution in [2.45, 2.75) is 0 Å². The highest BCUT2D eigenvalue weighted by molar-refractivity contribution is 7.86. The summed E-state index contributed by atoms with van der Waals surface area (Å²) in [6, 6.07) is 0. The Morgan fingerprint density at radius 3 is 1.33 bits per heavy atom. The fraction of sp³-hybridized carbons (Fsp3) is 0. The third kappa shape index (κ3) is 2.42. The number of hydrogen-bond donors (Lipinski definition) is 2. The number of carbonyl (C=O) groups is 1. The van der Waals surface area contributed by atoms with Gasteiger partial charge in [0.15, 0.2) is 0 Å². The van der Waals surface area contributed by atoms with Crippen LogP contribution in [-0.2, 0) is 26.6 Å². The first-order valence-electron chi connectivity index (χ1n) is 1.62. The smallest absolute Gasteiger partial charge is 0.240 e. The number of amides is 1. The van der Waals surface area contributed by atoms with Crippen molar-refractivity contribution in [1.82, 2.24) is 3.71 Å². The van der Waals surface area contributed by atoms with Gasteiger partial charge in [-0.2, -0.15) is 0 Å². The molecule has 0 saturated carbocycles. The van der Waals surface area contributed by atoms with E-state index < -0.39 is 21.8 Å². The van der Waals surface area contributed by atoms with Crippen molar-refractivity contribution in [2.24, 2.45) is 0 Å². The lowest BCUT2D eigenvalue weighted by Crippen LogP contribution is -2.16. The summed E-state index contributed by atoms with van der Waals surface area (Å²) in [7, 11) is -6.67. The second-order valence-electron chi connectivity index (χ2n) is 0.901. The van der Waals surface area contributed by atoms with E-state index in [0.29, 0.717) is 0 Å². The van der Waals surface area contributed by atoms with E-state index in [-0.39, 0.29) is 10.1 Å². The predicted molar refractivity (Wildman–Crippen MR) is 28.5 cm³/mol. The summed E-state index contributed by atoms with van der Waals surface area (Å²) in [6.45, 7) is 0. The van der Waals surface area contributed by atoms with Gasteiger partial charge < -0.3 is 0 Å². The molecule has 0 aromatic rings. The number of nitrogens with zero attached hydrogens (tertiary/aromatic N) is 1. The summed E-state index contributed by atoms with van der Waals surface area (Å²) in [4.78, 5) is 9.55. The molecule has 0 rings (SSSR count). The number of hydrogen-bond acceptors (Lipinski definition) is 5. The predicted octanol–water partition coefficient (Wildman–Crippen LogP) is -2.50. The normalized spacial score (nSPS) is 10.0. The second kappa shape index (κ2) is 3.41. The SMILES string of the molecule is O=CN([SH](=O)=O)[SH](=O)=O. The number of thiol groups is 2. The van der Waals surface area contributed by atoms with Crippen LogP contribution in [0.4, 0.5) is 0 Å². The molecule has 0 aromatic heterocycles. The molecular formula is CH3NO5S2. The lowest BCUT2D eigenvalue weighted by molar-refractivity contribution is -0.111. The topological polar surface area (TPSA) is 88.6 Å². The Balaban J connectivity index is 4.55. The molecule has 0 atom stereocenters. The molecule has 0 N–H and O–H groups in total. The molecule has 0 aromatic carbocycles. The fourth-order valence-corrected chi connectivity index (χ4v) is 0.768. The summed E-state index contributed by atoms with van der Waals surface area (Å²) in [6.07, 6.45) is -0.294. The van der Waals surface area contributed by atoms with E-state index in [4.69, 9.17) is 0 Å². The highest BCUT2D eigenvalue weighted by Gasteiger charge is 2.02. The van der Waals surface area contributed by atoms with Gasteiger partial charge >= 0.3 is 0 Å². The fourth-order valence-electron chi connectivity index (χ4n) is 0.137. The van der Waals surface area contributed by atoms with Crippen molar-refractivity contribution in [1.29, 1.82) is 0 Å². The molecule has 0 saturated heterocycles. The van der Waals surface area contributed by atoms with Crippen LogP contribution in [0.5, 0.6) is 0 Å². The minimum Gasteiger partial charge on any atom is -0.276 e. The molecule has 0 spiro atoms. The quantitative estimate of drug-likeness (QED) is 0.364. The van der Waals surface area contributed by atoms with E-state index in [1.54, 1.807) is 0 Å². The van der Waals surface area contributed by atoms with Gasteiger partial charge in [0.2, 0.25) is 28.2 Å². The van der Waals surface area contributed by atoms with Gasteiger partial charge in [-0.1, -0.05) is 0 Å². The Labute approximate surface area is 54.2 Å². The highest BCUT2D eigenvalue weighted by Crippen LogP contribution is 1.78. The molecule has 8 heteroatoms. The Morgan fingerprint density at radius 1 is 1.00 bits per heavy atom. The zero-order valence-electron chi connectivity index (χ0n) is 3.96. The van der Waals surface area contributed by atoms with E-state index in [9.17, 15) is 21.6 Å². The molecule has 0 radical (unpaired) electrons. The molecule has 0 unspecified atom stereocenters. The first-order chi connectivity index (χ1) is 4.09. The summed E-state index contributed by atoms with van der Waals surface area (Å²) >= 11 is 0. The zero-order valence-corrected chi connectivity index (χ0v) is 5.75. The Kier molecular flexibility index (Phi) is 3.17. The van der Waals surface area contributed by atoms with Crippen LogP contribution in [0.25, 0.3) is 0 Å². The molecule has 0 aliphatic carbocycles. The molecule has 0 heterocycles.